The molecule has 2 saturated carbocycles. The van der Waals surface area contributed by atoms with Crippen molar-refractivity contribution < 1.29 is 4.74 Å². The van der Waals surface area contributed by atoms with E-state index in [0.717, 1.165) is 18.4 Å². The summed E-state index contributed by atoms with van der Waals surface area (Å²) in [6.45, 7) is 3.43. The van der Waals surface area contributed by atoms with E-state index in [-0.39, 0.29) is 5.60 Å². The third kappa shape index (κ3) is 3.34. The zero-order chi connectivity index (χ0) is 11.4. The van der Waals surface area contributed by atoms with Crippen molar-refractivity contribution in [1.82, 2.24) is 0 Å². The molecule has 0 aromatic heterocycles. The summed E-state index contributed by atoms with van der Waals surface area (Å²) in [6.07, 6.45) is 11.1. The first-order valence-corrected chi connectivity index (χ1v) is 8.46. The van der Waals surface area contributed by atoms with Gasteiger partial charge in [-0.25, -0.2) is 0 Å². The number of ether oxygens (including phenoxy) is 1. The van der Waals surface area contributed by atoms with E-state index < -0.39 is 0 Å². The highest BCUT2D eigenvalue weighted by atomic mass is 127. The van der Waals surface area contributed by atoms with Gasteiger partial charge in [-0.1, -0.05) is 55.2 Å². The Kier molecular flexibility index (Phi) is 4.95. The Morgan fingerprint density at radius 2 is 1.94 bits per heavy atom. The number of rotatable bonds is 4. The molecular formula is C14H25IO. The highest BCUT2D eigenvalue weighted by Crippen LogP contribution is 2.38. The van der Waals surface area contributed by atoms with Crippen LogP contribution in [0.1, 0.15) is 58.3 Å². The predicted octanol–water partition coefficient (Wildman–Crippen LogP) is 4.58. The van der Waals surface area contributed by atoms with Crippen LogP contribution in [0.3, 0.4) is 0 Å². The lowest BCUT2D eigenvalue weighted by Gasteiger charge is -2.39. The van der Waals surface area contributed by atoms with Crippen molar-refractivity contribution in [2.24, 2.45) is 11.8 Å². The zero-order valence-electron chi connectivity index (χ0n) is 10.5. The fraction of sp³-hybridized carbons (Fsp3) is 1.00. The summed E-state index contributed by atoms with van der Waals surface area (Å²) in [7, 11) is 0. The first-order valence-electron chi connectivity index (χ1n) is 6.94. The van der Waals surface area contributed by atoms with E-state index >= 15 is 0 Å². The van der Waals surface area contributed by atoms with Gasteiger partial charge in [0, 0.05) is 4.43 Å². The van der Waals surface area contributed by atoms with Gasteiger partial charge < -0.3 is 4.74 Å². The molecule has 0 aliphatic heterocycles. The van der Waals surface area contributed by atoms with Crippen LogP contribution >= 0.6 is 22.6 Å². The van der Waals surface area contributed by atoms with Crippen LogP contribution in [0, 0.1) is 11.8 Å². The van der Waals surface area contributed by atoms with Crippen LogP contribution in [0.15, 0.2) is 0 Å². The molecule has 2 aliphatic rings. The maximum absolute atomic E-state index is 6.37. The summed E-state index contributed by atoms with van der Waals surface area (Å²) in [4.78, 5) is 0. The highest BCUT2D eigenvalue weighted by molar-refractivity contribution is 14.1. The Morgan fingerprint density at radius 3 is 2.56 bits per heavy atom. The van der Waals surface area contributed by atoms with Crippen LogP contribution in [0.25, 0.3) is 0 Å². The van der Waals surface area contributed by atoms with Gasteiger partial charge in [0.15, 0.2) is 0 Å². The van der Waals surface area contributed by atoms with Gasteiger partial charge in [-0.15, -0.1) is 0 Å². The summed E-state index contributed by atoms with van der Waals surface area (Å²) >= 11 is 2.53. The number of hydrogen-bond acceptors (Lipinski definition) is 1. The molecule has 2 rings (SSSR count). The summed E-state index contributed by atoms with van der Waals surface area (Å²) in [5.41, 5.74) is 0.237. The third-order valence-electron chi connectivity index (χ3n) is 4.39. The molecule has 2 aliphatic carbocycles. The van der Waals surface area contributed by atoms with Crippen molar-refractivity contribution in [1.29, 1.82) is 0 Å². The Hall–Kier alpha value is 0.690. The lowest BCUT2D eigenvalue weighted by Crippen LogP contribution is -2.40. The Labute approximate surface area is 114 Å². The minimum atomic E-state index is 0.237. The van der Waals surface area contributed by atoms with E-state index in [1.54, 1.807) is 0 Å². The minimum Gasteiger partial charge on any atom is -0.374 e. The van der Waals surface area contributed by atoms with Gasteiger partial charge in [-0.3, -0.25) is 0 Å². The van der Waals surface area contributed by atoms with Crippen molar-refractivity contribution in [3.63, 3.8) is 0 Å². The molecule has 0 aromatic carbocycles. The Balaban J connectivity index is 1.83. The molecule has 0 amide bonds. The van der Waals surface area contributed by atoms with E-state index in [1.165, 1.54) is 55.8 Å². The topological polar surface area (TPSA) is 9.23 Å². The van der Waals surface area contributed by atoms with Crippen LogP contribution in [0.5, 0.6) is 0 Å². The first kappa shape index (κ1) is 13.1. The van der Waals surface area contributed by atoms with E-state index in [0.29, 0.717) is 0 Å². The number of halogens is 1. The lowest BCUT2D eigenvalue weighted by molar-refractivity contribution is -0.0743. The quantitative estimate of drug-likeness (QED) is 0.539. The molecular weight excluding hydrogens is 311 g/mol. The van der Waals surface area contributed by atoms with E-state index in [9.17, 15) is 0 Å². The smallest absolute Gasteiger partial charge is 0.0774 e. The van der Waals surface area contributed by atoms with Gasteiger partial charge >= 0.3 is 0 Å². The third-order valence-corrected chi connectivity index (χ3v) is 5.78. The van der Waals surface area contributed by atoms with Gasteiger partial charge in [-0.05, 0) is 37.5 Å². The molecule has 16 heavy (non-hydrogen) atoms. The maximum Gasteiger partial charge on any atom is 0.0774 e. The monoisotopic (exact) mass is 336 g/mol. The molecule has 2 unspecified atom stereocenters. The van der Waals surface area contributed by atoms with Crippen LogP contribution < -0.4 is 0 Å². The molecule has 2 heteroatoms. The molecule has 0 spiro atoms. The highest BCUT2D eigenvalue weighted by Gasteiger charge is 2.35. The Bertz CT molecular complexity index is 213. The van der Waals surface area contributed by atoms with E-state index in [4.69, 9.17) is 4.74 Å². The SMILES string of the molecule is CC1CCCC(CI)(OCC2CCCC2)C1. The van der Waals surface area contributed by atoms with Crippen molar-refractivity contribution >= 4 is 22.6 Å². The van der Waals surface area contributed by atoms with Crippen LogP contribution in [-0.2, 0) is 4.74 Å². The largest absolute Gasteiger partial charge is 0.374 e. The fourth-order valence-corrected chi connectivity index (χ4v) is 4.29. The lowest BCUT2D eigenvalue weighted by atomic mass is 9.80. The average Bonchev–Trinajstić information content (AvgIpc) is 2.79. The summed E-state index contributed by atoms with van der Waals surface area (Å²) in [5, 5.41) is 0. The van der Waals surface area contributed by atoms with Crippen molar-refractivity contribution in [2.75, 3.05) is 11.0 Å². The number of hydrogen-bond donors (Lipinski definition) is 0. The molecule has 0 bridgehead atoms. The number of alkyl halides is 1. The van der Waals surface area contributed by atoms with Gasteiger partial charge in [0.1, 0.15) is 0 Å². The maximum atomic E-state index is 6.37. The van der Waals surface area contributed by atoms with Gasteiger partial charge in [0.05, 0.1) is 12.2 Å². The normalized spacial score (nSPS) is 36.8. The first-order chi connectivity index (χ1) is 7.74. The minimum absolute atomic E-state index is 0.237. The van der Waals surface area contributed by atoms with Gasteiger partial charge in [-0.2, -0.15) is 0 Å². The second-order valence-electron chi connectivity index (χ2n) is 5.98. The van der Waals surface area contributed by atoms with E-state index in [1.807, 2.05) is 0 Å². The molecule has 2 atom stereocenters. The van der Waals surface area contributed by atoms with Crippen LogP contribution in [-0.4, -0.2) is 16.6 Å². The van der Waals surface area contributed by atoms with E-state index in [2.05, 4.69) is 29.5 Å². The Morgan fingerprint density at radius 1 is 1.19 bits per heavy atom. The summed E-state index contributed by atoms with van der Waals surface area (Å²) < 4.78 is 7.55. The fourth-order valence-electron chi connectivity index (χ4n) is 3.37. The summed E-state index contributed by atoms with van der Waals surface area (Å²) in [5.74, 6) is 1.74. The van der Waals surface area contributed by atoms with Gasteiger partial charge in [0.2, 0.25) is 0 Å². The standard InChI is InChI=1S/C14H25IO/c1-12-5-4-8-14(9-12,11-15)16-10-13-6-2-3-7-13/h12-13H,2-11H2,1H3. The molecule has 0 radical (unpaired) electrons. The zero-order valence-corrected chi connectivity index (χ0v) is 12.7. The molecule has 0 N–H and O–H groups in total. The van der Waals surface area contributed by atoms with Crippen molar-refractivity contribution in [2.45, 2.75) is 63.9 Å². The molecule has 0 saturated heterocycles. The second-order valence-corrected chi connectivity index (χ2v) is 6.74. The molecule has 94 valence electrons. The molecule has 0 aromatic rings. The molecule has 1 nitrogen and oxygen atoms in total. The van der Waals surface area contributed by atoms with Crippen molar-refractivity contribution in [3.8, 4) is 0 Å². The van der Waals surface area contributed by atoms with Crippen molar-refractivity contribution in [3.05, 3.63) is 0 Å². The average molecular weight is 336 g/mol. The van der Waals surface area contributed by atoms with Gasteiger partial charge in [0.25, 0.3) is 0 Å². The van der Waals surface area contributed by atoms with Crippen LogP contribution in [0.2, 0.25) is 0 Å². The van der Waals surface area contributed by atoms with Crippen LogP contribution in [0.4, 0.5) is 0 Å². The second kappa shape index (κ2) is 6.03. The summed E-state index contributed by atoms with van der Waals surface area (Å²) in [6, 6.07) is 0. The predicted molar refractivity (Wildman–Crippen MR) is 77.2 cm³/mol. The molecule has 0 heterocycles. The molecule has 2 fully saturated rings.